The molecule has 1 aromatic heterocycles. The zero-order valence-electron chi connectivity index (χ0n) is 8.75. The van der Waals surface area contributed by atoms with Crippen molar-refractivity contribution in [1.82, 2.24) is 15.0 Å². The van der Waals surface area contributed by atoms with E-state index >= 15 is 0 Å². The van der Waals surface area contributed by atoms with Gasteiger partial charge in [0.25, 0.3) is 0 Å². The molecule has 0 saturated heterocycles. The molecule has 9 nitrogen and oxygen atoms in total. The average molecular weight is 230 g/mol. The fourth-order valence-corrected chi connectivity index (χ4v) is 0.898. The molecule has 5 N–H and O–H groups in total. The van der Waals surface area contributed by atoms with Crippen LogP contribution < -0.4 is 15.5 Å². The Bertz CT molecular complexity index is 312. The van der Waals surface area contributed by atoms with Crippen molar-refractivity contribution in [2.24, 2.45) is 0 Å². The molecule has 0 atom stereocenters. The van der Waals surface area contributed by atoms with Gasteiger partial charge in [0.05, 0.1) is 0 Å². The lowest BCUT2D eigenvalue weighted by atomic mass is 10.7. The van der Waals surface area contributed by atoms with Gasteiger partial charge in [-0.25, -0.2) is 0 Å². The highest BCUT2D eigenvalue weighted by Gasteiger charge is 2.08. The second-order valence-corrected chi connectivity index (χ2v) is 2.79. The molecule has 90 valence electrons. The minimum absolute atomic E-state index is 0.142. The summed E-state index contributed by atoms with van der Waals surface area (Å²) >= 11 is 0. The molecule has 16 heavy (non-hydrogen) atoms. The highest BCUT2D eigenvalue weighted by Crippen LogP contribution is 2.11. The smallest absolute Gasteiger partial charge is 0.233 e. The Morgan fingerprint density at radius 2 is 1.50 bits per heavy atom. The van der Waals surface area contributed by atoms with Crippen molar-refractivity contribution >= 4 is 17.8 Å². The number of aliphatic hydroxyl groups excluding tert-OH is 3. The van der Waals surface area contributed by atoms with Crippen LogP contribution in [0.5, 0.6) is 0 Å². The summed E-state index contributed by atoms with van der Waals surface area (Å²) in [5.74, 6) is 0.497. The van der Waals surface area contributed by atoms with E-state index in [1.54, 1.807) is 7.05 Å². The fourth-order valence-electron chi connectivity index (χ4n) is 0.898. The van der Waals surface area contributed by atoms with Crippen molar-refractivity contribution in [2.45, 2.75) is 0 Å². The van der Waals surface area contributed by atoms with Gasteiger partial charge in [-0.3, -0.25) is 0 Å². The summed E-state index contributed by atoms with van der Waals surface area (Å²) in [7, 11) is 1.58. The van der Waals surface area contributed by atoms with Crippen molar-refractivity contribution in [1.29, 1.82) is 0 Å². The molecule has 0 radical (unpaired) electrons. The molecule has 0 aliphatic heterocycles. The average Bonchev–Trinajstić information content (AvgIpc) is 2.28. The summed E-state index contributed by atoms with van der Waals surface area (Å²) in [6.45, 7) is -0.920. The molecule has 0 amide bonds. The van der Waals surface area contributed by atoms with Gasteiger partial charge in [-0.2, -0.15) is 15.0 Å². The fraction of sp³-hybridized carbons (Fsp3) is 0.571. The molecule has 9 heteroatoms. The number of nitrogens with one attached hydrogen (secondary N) is 2. The van der Waals surface area contributed by atoms with Gasteiger partial charge < -0.3 is 30.9 Å². The zero-order valence-corrected chi connectivity index (χ0v) is 8.75. The molecular formula is C7H14N6O3. The molecular weight excluding hydrogens is 216 g/mol. The molecule has 0 aromatic carbocycles. The van der Waals surface area contributed by atoms with E-state index in [2.05, 4.69) is 25.6 Å². The maximum atomic E-state index is 8.92. The maximum Gasteiger partial charge on any atom is 0.233 e. The summed E-state index contributed by atoms with van der Waals surface area (Å²) in [5, 5.41) is 31.3. The minimum atomic E-state index is -0.329. The maximum absolute atomic E-state index is 8.92. The number of aromatic nitrogens is 3. The first kappa shape index (κ1) is 12.4. The summed E-state index contributed by atoms with van der Waals surface area (Å²) in [4.78, 5) is 13.1. The highest BCUT2D eigenvalue weighted by atomic mass is 16.3. The summed E-state index contributed by atoms with van der Waals surface area (Å²) < 4.78 is 0. The molecule has 1 aromatic rings. The lowest BCUT2D eigenvalue weighted by molar-refractivity contribution is 0.296. The van der Waals surface area contributed by atoms with Crippen molar-refractivity contribution in [3.63, 3.8) is 0 Å². The number of aliphatic hydroxyl groups is 3. The third-order valence-corrected chi connectivity index (χ3v) is 1.65. The topological polar surface area (TPSA) is 127 Å². The number of nitrogens with zero attached hydrogens (tertiary/aromatic N) is 4. The second-order valence-electron chi connectivity index (χ2n) is 2.79. The highest BCUT2D eigenvalue weighted by molar-refractivity contribution is 5.42. The van der Waals surface area contributed by atoms with E-state index < -0.39 is 0 Å². The Balaban J connectivity index is 2.97. The van der Waals surface area contributed by atoms with E-state index in [1.165, 1.54) is 4.90 Å². The summed E-state index contributed by atoms with van der Waals surface area (Å²) in [6.07, 6.45) is 0. The van der Waals surface area contributed by atoms with Gasteiger partial charge in [0.15, 0.2) is 0 Å². The Hall–Kier alpha value is -1.71. The molecule has 0 aliphatic rings. The van der Waals surface area contributed by atoms with Crippen LogP contribution in [0.3, 0.4) is 0 Å². The van der Waals surface area contributed by atoms with Crippen LogP contribution in [0.4, 0.5) is 17.8 Å². The summed E-state index contributed by atoms with van der Waals surface area (Å²) in [5.41, 5.74) is 0. The van der Waals surface area contributed by atoms with E-state index in [0.717, 1.165) is 0 Å². The van der Waals surface area contributed by atoms with E-state index in [1.807, 2.05) is 0 Å². The molecule has 1 heterocycles. The quantitative estimate of drug-likeness (QED) is 0.352. The van der Waals surface area contributed by atoms with Crippen molar-refractivity contribution in [3.8, 4) is 0 Å². The molecule has 0 saturated carbocycles. The first-order valence-electron chi connectivity index (χ1n) is 4.48. The predicted octanol–water partition coefficient (Wildman–Crippen LogP) is -2.02. The Kier molecular flexibility index (Phi) is 4.64. The van der Waals surface area contributed by atoms with Gasteiger partial charge in [0, 0.05) is 7.05 Å². The molecule has 0 fully saturated rings. The van der Waals surface area contributed by atoms with Crippen LogP contribution in [0, 0.1) is 0 Å². The minimum Gasteiger partial charge on any atom is -0.376 e. The number of rotatable bonds is 6. The van der Waals surface area contributed by atoms with Crippen LogP contribution in [0.15, 0.2) is 0 Å². The van der Waals surface area contributed by atoms with Crippen LogP contribution in [0.25, 0.3) is 0 Å². The molecule has 0 spiro atoms. The Labute approximate surface area is 91.8 Å². The van der Waals surface area contributed by atoms with Gasteiger partial charge in [0.1, 0.15) is 20.2 Å². The van der Waals surface area contributed by atoms with E-state index in [0.29, 0.717) is 0 Å². The van der Waals surface area contributed by atoms with E-state index in [4.69, 9.17) is 15.3 Å². The van der Waals surface area contributed by atoms with Crippen LogP contribution in [-0.4, -0.2) is 57.5 Å². The van der Waals surface area contributed by atoms with E-state index in [9.17, 15) is 0 Å². The largest absolute Gasteiger partial charge is 0.376 e. The van der Waals surface area contributed by atoms with Gasteiger partial charge in [-0.1, -0.05) is 0 Å². The molecule has 1 rings (SSSR count). The molecule has 0 unspecified atom stereocenters. The SMILES string of the molecule is CN(CO)c1nc(NCO)nc(NCO)n1. The van der Waals surface area contributed by atoms with Crippen LogP contribution in [0.2, 0.25) is 0 Å². The zero-order chi connectivity index (χ0) is 12.0. The van der Waals surface area contributed by atoms with Crippen LogP contribution >= 0.6 is 0 Å². The van der Waals surface area contributed by atoms with Crippen molar-refractivity contribution in [2.75, 3.05) is 42.8 Å². The summed E-state index contributed by atoms with van der Waals surface area (Å²) in [6, 6.07) is 0. The lowest BCUT2D eigenvalue weighted by Gasteiger charge is -2.15. The number of hydrogen-bond donors (Lipinski definition) is 5. The third kappa shape index (κ3) is 3.15. The third-order valence-electron chi connectivity index (χ3n) is 1.65. The first-order valence-corrected chi connectivity index (χ1v) is 4.48. The predicted molar refractivity (Wildman–Crippen MR) is 56.7 cm³/mol. The van der Waals surface area contributed by atoms with Gasteiger partial charge in [0.2, 0.25) is 17.8 Å². The molecule has 0 bridgehead atoms. The second kappa shape index (κ2) is 6.00. The van der Waals surface area contributed by atoms with E-state index in [-0.39, 0.29) is 38.0 Å². The Morgan fingerprint density at radius 1 is 1.00 bits per heavy atom. The van der Waals surface area contributed by atoms with Gasteiger partial charge >= 0.3 is 0 Å². The number of hydrogen-bond acceptors (Lipinski definition) is 9. The van der Waals surface area contributed by atoms with Crippen molar-refractivity contribution < 1.29 is 15.3 Å². The number of anilines is 3. The van der Waals surface area contributed by atoms with Crippen LogP contribution in [0.1, 0.15) is 0 Å². The van der Waals surface area contributed by atoms with Crippen LogP contribution in [-0.2, 0) is 0 Å². The monoisotopic (exact) mass is 230 g/mol. The lowest BCUT2D eigenvalue weighted by Crippen LogP contribution is -2.22. The van der Waals surface area contributed by atoms with Gasteiger partial charge in [-0.15, -0.1) is 0 Å². The normalized spacial score (nSPS) is 10.0. The Morgan fingerprint density at radius 3 is 1.88 bits per heavy atom. The van der Waals surface area contributed by atoms with Crippen molar-refractivity contribution in [3.05, 3.63) is 0 Å². The first-order chi connectivity index (χ1) is 7.71. The van der Waals surface area contributed by atoms with Gasteiger partial charge in [-0.05, 0) is 0 Å². The molecule has 0 aliphatic carbocycles. The standard InChI is InChI=1S/C7H14N6O3/c1-13(4-16)7-11-5(8-2-14)10-6(12-7)9-3-15/h14-16H,2-4H2,1H3,(H2,8,9,10,11,12).